The Balaban J connectivity index is 1.61. The zero-order chi connectivity index (χ0) is 20.8. The van der Waals surface area contributed by atoms with Crippen LogP contribution in [0, 0.1) is 10.1 Å². The second-order valence-electron chi connectivity index (χ2n) is 6.03. The first-order valence-electron chi connectivity index (χ1n) is 8.56. The molecule has 3 rings (SSSR count). The molecule has 0 radical (unpaired) electrons. The van der Waals surface area contributed by atoms with Gasteiger partial charge in [-0.25, -0.2) is 4.79 Å². The summed E-state index contributed by atoms with van der Waals surface area (Å²) in [6.07, 6.45) is 2.74. The lowest BCUT2D eigenvalue weighted by Crippen LogP contribution is -2.20. The van der Waals surface area contributed by atoms with Crippen molar-refractivity contribution in [2.24, 2.45) is 0 Å². The van der Waals surface area contributed by atoms with Gasteiger partial charge in [-0.1, -0.05) is 24.3 Å². The van der Waals surface area contributed by atoms with Crippen LogP contribution in [0.4, 0.5) is 5.69 Å². The highest BCUT2D eigenvalue weighted by Crippen LogP contribution is 2.31. The predicted molar refractivity (Wildman–Crippen MR) is 105 cm³/mol. The number of para-hydroxylation sites is 1. The SMILES string of the molecule is O=C(/C=C/c1ccc(-c2ccccc2[N+](=O)[O-])o1)NCc1ccc(C(=O)O)cc1. The molecule has 0 bridgehead atoms. The number of carbonyl (C=O) groups is 2. The Kier molecular flexibility index (Phi) is 5.84. The van der Waals surface area contributed by atoms with Gasteiger partial charge in [-0.2, -0.15) is 0 Å². The van der Waals surface area contributed by atoms with Gasteiger partial charge in [0.25, 0.3) is 5.69 Å². The van der Waals surface area contributed by atoms with Crippen LogP contribution in [-0.4, -0.2) is 21.9 Å². The highest BCUT2D eigenvalue weighted by Gasteiger charge is 2.16. The number of amides is 1. The number of nitro benzene ring substituents is 1. The number of carboxylic acids is 1. The van der Waals surface area contributed by atoms with E-state index in [2.05, 4.69) is 5.32 Å². The van der Waals surface area contributed by atoms with Gasteiger partial charge in [0.1, 0.15) is 11.5 Å². The molecule has 1 amide bonds. The largest absolute Gasteiger partial charge is 0.478 e. The number of benzene rings is 2. The minimum atomic E-state index is -1.01. The third kappa shape index (κ3) is 4.95. The fourth-order valence-corrected chi connectivity index (χ4v) is 2.60. The van der Waals surface area contributed by atoms with Crippen molar-refractivity contribution in [2.45, 2.75) is 6.54 Å². The number of carbonyl (C=O) groups excluding carboxylic acids is 1. The van der Waals surface area contributed by atoms with Gasteiger partial charge in [0.05, 0.1) is 16.1 Å². The quantitative estimate of drug-likeness (QED) is 0.357. The van der Waals surface area contributed by atoms with E-state index < -0.39 is 10.9 Å². The van der Waals surface area contributed by atoms with Crippen LogP contribution in [0.3, 0.4) is 0 Å². The Labute approximate surface area is 165 Å². The second kappa shape index (κ2) is 8.66. The summed E-state index contributed by atoms with van der Waals surface area (Å²) in [5.41, 5.74) is 1.22. The van der Waals surface area contributed by atoms with Crippen LogP contribution in [0.25, 0.3) is 17.4 Å². The summed E-state index contributed by atoms with van der Waals surface area (Å²) in [6.45, 7) is 0.239. The summed E-state index contributed by atoms with van der Waals surface area (Å²) in [6, 6.07) is 15.6. The van der Waals surface area contributed by atoms with E-state index in [4.69, 9.17) is 9.52 Å². The molecule has 2 N–H and O–H groups in total. The molecule has 2 aromatic carbocycles. The van der Waals surface area contributed by atoms with Crippen molar-refractivity contribution in [2.75, 3.05) is 0 Å². The molecular weight excluding hydrogens is 376 g/mol. The minimum Gasteiger partial charge on any atom is -0.478 e. The molecule has 0 aliphatic carbocycles. The average molecular weight is 392 g/mol. The van der Waals surface area contributed by atoms with Gasteiger partial charge in [-0.15, -0.1) is 0 Å². The maximum atomic E-state index is 12.0. The summed E-state index contributed by atoms with van der Waals surface area (Å²) in [4.78, 5) is 33.4. The van der Waals surface area contributed by atoms with Crippen molar-refractivity contribution in [1.29, 1.82) is 0 Å². The van der Waals surface area contributed by atoms with Crippen molar-refractivity contribution in [1.82, 2.24) is 5.32 Å². The van der Waals surface area contributed by atoms with Crippen LogP contribution in [0.15, 0.2) is 71.2 Å². The molecule has 0 aliphatic rings. The number of carboxylic acid groups (broad SMARTS) is 1. The van der Waals surface area contributed by atoms with Crippen LogP contribution >= 0.6 is 0 Å². The number of hydrogen-bond donors (Lipinski definition) is 2. The summed E-state index contributed by atoms with van der Waals surface area (Å²) in [5, 5.41) is 22.7. The van der Waals surface area contributed by atoms with E-state index in [-0.39, 0.29) is 23.7 Å². The smallest absolute Gasteiger partial charge is 0.335 e. The molecule has 0 saturated carbocycles. The number of nitrogens with zero attached hydrogens (tertiary/aromatic N) is 1. The number of nitro groups is 1. The van der Waals surface area contributed by atoms with E-state index in [0.717, 1.165) is 5.56 Å². The Hall–Kier alpha value is -4.20. The summed E-state index contributed by atoms with van der Waals surface area (Å²) >= 11 is 0. The molecule has 3 aromatic rings. The first-order valence-corrected chi connectivity index (χ1v) is 8.56. The Morgan fingerprint density at radius 1 is 1.07 bits per heavy atom. The summed E-state index contributed by atoms with van der Waals surface area (Å²) < 4.78 is 5.58. The summed E-state index contributed by atoms with van der Waals surface area (Å²) in [7, 11) is 0. The molecule has 0 fully saturated rings. The lowest BCUT2D eigenvalue weighted by Gasteiger charge is -2.03. The number of aromatic carboxylic acids is 1. The van der Waals surface area contributed by atoms with Gasteiger partial charge in [-0.3, -0.25) is 14.9 Å². The molecular formula is C21H16N2O6. The zero-order valence-corrected chi connectivity index (χ0v) is 15.1. The third-order valence-electron chi connectivity index (χ3n) is 4.06. The number of furan rings is 1. The molecule has 0 aliphatic heterocycles. The molecule has 0 unspecified atom stereocenters. The van der Waals surface area contributed by atoms with E-state index >= 15 is 0 Å². The molecule has 1 aromatic heterocycles. The van der Waals surface area contributed by atoms with E-state index in [1.165, 1.54) is 30.4 Å². The van der Waals surface area contributed by atoms with Crippen LogP contribution < -0.4 is 5.32 Å². The normalized spacial score (nSPS) is 10.8. The topological polar surface area (TPSA) is 123 Å². The standard InChI is InChI=1S/C21H16N2O6/c24-20(22-13-14-5-7-15(8-6-14)21(25)26)12-10-16-9-11-19(29-16)17-3-1-2-4-18(17)23(27)28/h1-12H,13H2,(H,22,24)(H,25,26)/b12-10+. The molecule has 0 spiro atoms. The fraction of sp³-hybridized carbons (Fsp3) is 0.0476. The van der Waals surface area contributed by atoms with E-state index in [9.17, 15) is 19.7 Å². The first kappa shape index (κ1) is 19.6. The third-order valence-corrected chi connectivity index (χ3v) is 4.06. The van der Waals surface area contributed by atoms with E-state index in [1.54, 1.807) is 42.5 Å². The fourth-order valence-electron chi connectivity index (χ4n) is 2.60. The van der Waals surface area contributed by atoms with Crippen LogP contribution in [0.2, 0.25) is 0 Å². The maximum Gasteiger partial charge on any atom is 0.335 e. The van der Waals surface area contributed by atoms with Crippen molar-refractivity contribution in [3.63, 3.8) is 0 Å². The molecule has 0 atom stereocenters. The van der Waals surface area contributed by atoms with Crippen LogP contribution in [-0.2, 0) is 11.3 Å². The van der Waals surface area contributed by atoms with Crippen molar-refractivity contribution < 1.29 is 24.0 Å². The highest BCUT2D eigenvalue weighted by atomic mass is 16.6. The minimum absolute atomic E-state index is 0.0657. The lowest BCUT2D eigenvalue weighted by atomic mass is 10.1. The molecule has 1 heterocycles. The van der Waals surface area contributed by atoms with Gasteiger partial charge in [0.2, 0.25) is 5.91 Å². The summed E-state index contributed by atoms with van der Waals surface area (Å²) in [5.74, 6) is -0.673. The van der Waals surface area contributed by atoms with Gasteiger partial charge in [0.15, 0.2) is 0 Å². The van der Waals surface area contributed by atoms with Crippen molar-refractivity contribution >= 4 is 23.6 Å². The molecule has 8 nitrogen and oxygen atoms in total. The maximum absolute atomic E-state index is 12.0. The average Bonchev–Trinajstić information content (AvgIpc) is 3.20. The second-order valence-corrected chi connectivity index (χ2v) is 6.03. The zero-order valence-electron chi connectivity index (χ0n) is 15.1. The number of nitrogens with one attached hydrogen (secondary N) is 1. The number of rotatable bonds is 7. The predicted octanol–water partition coefficient (Wildman–Crippen LogP) is 3.88. The lowest BCUT2D eigenvalue weighted by molar-refractivity contribution is -0.384. The molecule has 0 saturated heterocycles. The van der Waals surface area contributed by atoms with Gasteiger partial charge >= 0.3 is 5.97 Å². The van der Waals surface area contributed by atoms with Crippen molar-refractivity contribution in [3.05, 3.63) is 93.7 Å². The molecule has 29 heavy (non-hydrogen) atoms. The van der Waals surface area contributed by atoms with Crippen LogP contribution in [0.1, 0.15) is 21.7 Å². The van der Waals surface area contributed by atoms with Gasteiger partial charge in [-0.05, 0) is 42.0 Å². The Morgan fingerprint density at radius 3 is 2.48 bits per heavy atom. The van der Waals surface area contributed by atoms with Crippen molar-refractivity contribution in [3.8, 4) is 11.3 Å². The van der Waals surface area contributed by atoms with Crippen LogP contribution in [0.5, 0.6) is 0 Å². The van der Waals surface area contributed by atoms with Gasteiger partial charge in [0, 0.05) is 18.7 Å². The van der Waals surface area contributed by atoms with E-state index in [1.807, 2.05) is 0 Å². The monoisotopic (exact) mass is 392 g/mol. The van der Waals surface area contributed by atoms with Gasteiger partial charge < -0.3 is 14.8 Å². The Bertz CT molecular complexity index is 1080. The highest BCUT2D eigenvalue weighted by molar-refractivity contribution is 5.91. The first-order chi connectivity index (χ1) is 13.9. The number of hydrogen-bond acceptors (Lipinski definition) is 5. The van der Waals surface area contributed by atoms with E-state index in [0.29, 0.717) is 17.1 Å². The Morgan fingerprint density at radius 2 is 1.79 bits per heavy atom. The molecule has 146 valence electrons. The molecule has 8 heteroatoms.